The Kier molecular flexibility index (Phi) is 11.0. The van der Waals surface area contributed by atoms with Crippen LogP contribution in [0.3, 0.4) is 0 Å². The van der Waals surface area contributed by atoms with E-state index in [1.54, 1.807) is 75.4 Å². The summed E-state index contributed by atoms with van der Waals surface area (Å²) in [4.78, 5) is 52.5. The quantitative estimate of drug-likeness (QED) is 0.121. The van der Waals surface area contributed by atoms with E-state index >= 15 is 0 Å². The molecule has 11 heteroatoms. The van der Waals surface area contributed by atoms with Crippen molar-refractivity contribution in [3.05, 3.63) is 101 Å². The van der Waals surface area contributed by atoms with Crippen molar-refractivity contribution in [1.29, 1.82) is 0 Å². The number of amides is 3. The zero-order valence-electron chi connectivity index (χ0n) is 23.8. The number of carbonyl (C=O) groups excluding carboxylic acids is 4. The summed E-state index contributed by atoms with van der Waals surface area (Å²) in [5.74, 6) is -1.10. The smallest absolute Gasteiger partial charge is 0.341 e. The fraction of sp³-hybridized carbons (Fsp3) is 0.188. The van der Waals surface area contributed by atoms with E-state index in [4.69, 9.17) is 9.47 Å². The summed E-state index contributed by atoms with van der Waals surface area (Å²) < 4.78 is 10.7. The normalized spacial score (nSPS) is 11.2. The molecule has 0 aliphatic carbocycles. The summed E-state index contributed by atoms with van der Waals surface area (Å²) in [6, 6.07) is 25.1. The number of thiophene rings is 1. The molecule has 0 aliphatic heterocycles. The average Bonchev–Trinajstić information content (AvgIpc) is 3.32. The first-order chi connectivity index (χ1) is 20.7. The Labute approximate surface area is 258 Å². The molecule has 0 bridgehead atoms. The van der Waals surface area contributed by atoms with Gasteiger partial charge >= 0.3 is 5.97 Å². The second kappa shape index (κ2) is 15.0. The summed E-state index contributed by atoms with van der Waals surface area (Å²) in [7, 11) is 0. The van der Waals surface area contributed by atoms with Gasteiger partial charge in [-0.25, -0.2) is 4.79 Å². The zero-order valence-corrected chi connectivity index (χ0v) is 25.5. The molecule has 9 nitrogen and oxygen atoms in total. The van der Waals surface area contributed by atoms with Crippen LogP contribution in [0.4, 0.5) is 16.4 Å². The molecule has 0 saturated carbocycles. The minimum absolute atomic E-state index is 0.143. The molecule has 1 heterocycles. The molecule has 0 saturated heterocycles. The van der Waals surface area contributed by atoms with E-state index in [1.165, 1.54) is 11.8 Å². The van der Waals surface area contributed by atoms with Crippen LogP contribution < -0.4 is 20.7 Å². The number of carbonyl (C=O) groups is 4. The summed E-state index contributed by atoms with van der Waals surface area (Å²) in [6.45, 7) is 5.07. The highest BCUT2D eigenvalue weighted by atomic mass is 32.2. The molecule has 0 spiro atoms. The van der Waals surface area contributed by atoms with E-state index in [0.717, 1.165) is 16.2 Å². The molecule has 1 atom stereocenters. The van der Waals surface area contributed by atoms with Crippen LogP contribution in [0.1, 0.15) is 39.4 Å². The number of esters is 1. The van der Waals surface area contributed by atoms with Crippen LogP contribution in [-0.2, 0) is 14.3 Å². The number of rotatable bonds is 12. The van der Waals surface area contributed by atoms with Crippen LogP contribution in [0.2, 0.25) is 0 Å². The van der Waals surface area contributed by atoms with Crippen molar-refractivity contribution in [3.8, 4) is 5.75 Å². The van der Waals surface area contributed by atoms with Crippen molar-refractivity contribution in [1.82, 2.24) is 0 Å². The maximum atomic E-state index is 13.2. The van der Waals surface area contributed by atoms with Gasteiger partial charge in [0.15, 0.2) is 6.61 Å². The molecular weight excluding hydrogens is 587 g/mol. The summed E-state index contributed by atoms with van der Waals surface area (Å²) in [6.07, 6.45) is 0. The summed E-state index contributed by atoms with van der Waals surface area (Å²) >= 11 is 2.30. The predicted molar refractivity (Wildman–Crippen MR) is 170 cm³/mol. The minimum atomic E-state index is -0.620. The second-order valence-corrected chi connectivity index (χ2v) is 11.7. The van der Waals surface area contributed by atoms with Crippen molar-refractivity contribution in [2.24, 2.45) is 0 Å². The van der Waals surface area contributed by atoms with Crippen LogP contribution in [0.5, 0.6) is 5.75 Å². The molecule has 3 aromatic carbocycles. The van der Waals surface area contributed by atoms with Gasteiger partial charge in [0.2, 0.25) is 5.91 Å². The van der Waals surface area contributed by atoms with Crippen LogP contribution >= 0.6 is 23.1 Å². The largest absolute Gasteiger partial charge is 0.484 e. The third-order valence-electron chi connectivity index (χ3n) is 6.01. The molecular formula is C32H31N3O6S2. The van der Waals surface area contributed by atoms with Crippen molar-refractivity contribution in [2.45, 2.75) is 30.9 Å². The highest BCUT2D eigenvalue weighted by Crippen LogP contribution is 2.35. The first-order valence-electron chi connectivity index (χ1n) is 13.5. The molecule has 43 heavy (non-hydrogen) atoms. The fourth-order valence-electron chi connectivity index (χ4n) is 3.96. The molecule has 3 N–H and O–H groups in total. The van der Waals surface area contributed by atoms with Gasteiger partial charge in [-0.2, -0.15) is 0 Å². The van der Waals surface area contributed by atoms with Crippen LogP contribution in [0, 0.1) is 6.92 Å². The molecule has 0 fully saturated rings. The first kappa shape index (κ1) is 31.3. The van der Waals surface area contributed by atoms with Gasteiger partial charge in [0.1, 0.15) is 10.8 Å². The van der Waals surface area contributed by atoms with Gasteiger partial charge in [-0.3, -0.25) is 14.4 Å². The lowest BCUT2D eigenvalue weighted by Crippen LogP contribution is -2.23. The highest BCUT2D eigenvalue weighted by molar-refractivity contribution is 8.00. The van der Waals surface area contributed by atoms with Gasteiger partial charge in [-0.05, 0) is 68.8 Å². The highest BCUT2D eigenvalue weighted by Gasteiger charge is 2.28. The SMILES string of the molecule is CCOC(=O)c1c(NC(=O)C(C)Sc2cccc(NC(=O)COc3ccccc3)c2)sc(C(=O)Nc2ccccc2)c1C. The zero-order chi connectivity index (χ0) is 30.8. The molecule has 222 valence electrons. The second-order valence-electron chi connectivity index (χ2n) is 9.23. The predicted octanol–water partition coefficient (Wildman–Crippen LogP) is 6.62. The lowest BCUT2D eigenvalue weighted by atomic mass is 10.1. The third kappa shape index (κ3) is 8.69. The topological polar surface area (TPSA) is 123 Å². The molecule has 1 aromatic heterocycles. The monoisotopic (exact) mass is 617 g/mol. The Hall–Kier alpha value is -4.61. The third-order valence-corrected chi connectivity index (χ3v) is 8.31. The number of anilines is 3. The van der Waals surface area contributed by atoms with Gasteiger partial charge < -0.3 is 25.4 Å². The Morgan fingerprint density at radius 2 is 1.53 bits per heavy atom. The minimum Gasteiger partial charge on any atom is -0.484 e. The Balaban J connectivity index is 1.42. The van der Waals surface area contributed by atoms with Crippen molar-refractivity contribution in [2.75, 3.05) is 29.2 Å². The van der Waals surface area contributed by atoms with Crippen molar-refractivity contribution in [3.63, 3.8) is 0 Å². The molecule has 3 amide bonds. The number of hydrogen-bond acceptors (Lipinski definition) is 8. The van der Waals surface area contributed by atoms with Gasteiger partial charge in [0.25, 0.3) is 11.8 Å². The van der Waals surface area contributed by atoms with E-state index in [0.29, 0.717) is 27.6 Å². The Morgan fingerprint density at radius 3 is 2.23 bits per heavy atom. The summed E-state index contributed by atoms with van der Waals surface area (Å²) in [5, 5.41) is 8.10. The number of hydrogen-bond donors (Lipinski definition) is 3. The van der Waals surface area contributed by atoms with E-state index in [2.05, 4.69) is 16.0 Å². The molecule has 4 aromatic rings. The number of para-hydroxylation sites is 2. The van der Waals surface area contributed by atoms with E-state index in [9.17, 15) is 19.2 Å². The van der Waals surface area contributed by atoms with Crippen LogP contribution in [0.15, 0.2) is 89.8 Å². The molecule has 4 rings (SSSR count). The number of thioether (sulfide) groups is 1. The van der Waals surface area contributed by atoms with E-state index in [-0.39, 0.29) is 35.6 Å². The molecule has 0 radical (unpaired) electrons. The summed E-state index contributed by atoms with van der Waals surface area (Å²) in [5.41, 5.74) is 1.74. The number of ether oxygens (including phenoxy) is 2. The number of benzene rings is 3. The van der Waals surface area contributed by atoms with Gasteiger partial charge in [-0.15, -0.1) is 23.1 Å². The lowest BCUT2D eigenvalue weighted by Gasteiger charge is -2.13. The maximum Gasteiger partial charge on any atom is 0.341 e. The van der Waals surface area contributed by atoms with Crippen molar-refractivity contribution < 1.29 is 28.7 Å². The lowest BCUT2D eigenvalue weighted by molar-refractivity contribution is -0.118. The Bertz CT molecular complexity index is 1590. The van der Waals surface area contributed by atoms with Gasteiger partial charge in [0, 0.05) is 16.3 Å². The van der Waals surface area contributed by atoms with Gasteiger partial charge in [0.05, 0.1) is 22.3 Å². The van der Waals surface area contributed by atoms with Gasteiger partial charge in [-0.1, -0.05) is 42.5 Å². The number of nitrogens with one attached hydrogen (secondary N) is 3. The Morgan fingerprint density at radius 1 is 0.860 bits per heavy atom. The molecule has 0 aliphatic rings. The van der Waals surface area contributed by atoms with E-state index < -0.39 is 17.1 Å². The molecule has 1 unspecified atom stereocenters. The maximum absolute atomic E-state index is 13.2. The van der Waals surface area contributed by atoms with Crippen LogP contribution in [-0.4, -0.2) is 42.2 Å². The van der Waals surface area contributed by atoms with Crippen LogP contribution in [0.25, 0.3) is 0 Å². The van der Waals surface area contributed by atoms with Crippen molar-refractivity contribution >= 4 is 63.2 Å². The average molecular weight is 618 g/mol. The van der Waals surface area contributed by atoms with E-state index in [1.807, 2.05) is 30.3 Å². The first-order valence-corrected chi connectivity index (χ1v) is 15.2. The standard InChI is InChI=1S/C32H31N3O6S2/c1-4-40-32(39)27-20(2)28(30(38)34-22-12-7-5-8-13-22)43-31(27)35-29(37)21(3)42-25-17-11-14-23(18-25)33-26(36)19-41-24-15-9-6-10-16-24/h5-18,21H,4,19H2,1-3H3,(H,33,36)(H,34,38)(H,35,37). The fourth-order valence-corrected chi connectivity index (χ4v) is 5.98.